The largest absolute Gasteiger partial charge is 0.377 e. The molecule has 0 spiro atoms. The van der Waals surface area contributed by atoms with Crippen molar-refractivity contribution in [2.45, 2.75) is 38.3 Å². The molecule has 0 aromatic heterocycles. The second-order valence-corrected chi connectivity index (χ2v) is 5.23. The van der Waals surface area contributed by atoms with Crippen LogP contribution in [-0.4, -0.2) is 25.3 Å². The zero-order valence-corrected chi connectivity index (χ0v) is 10.0. The maximum Gasteiger partial charge on any atom is 0.0671 e. The smallest absolute Gasteiger partial charge is 0.0671 e. The molecule has 2 nitrogen and oxygen atoms in total. The van der Waals surface area contributed by atoms with Gasteiger partial charge in [-0.1, -0.05) is 26.0 Å². The number of hydrogen-bond donors (Lipinski definition) is 0. The normalized spacial score (nSPS) is 28.1. The first-order valence-electron chi connectivity index (χ1n) is 6.22. The van der Waals surface area contributed by atoms with Crippen LogP contribution in [0.4, 0.5) is 5.69 Å². The van der Waals surface area contributed by atoms with Gasteiger partial charge in [-0.05, 0) is 30.0 Å². The molecule has 2 atom stereocenters. The van der Waals surface area contributed by atoms with E-state index in [1.807, 2.05) is 0 Å². The lowest BCUT2D eigenvalue weighted by Crippen LogP contribution is -2.64. The van der Waals surface area contributed by atoms with Crippen LogP contribution in [0.15, 0.2) is 24.3 Å². The summed E-state index contributed by atoms with van der Waals surface area (Å²) in [5.74, 6) is 0.619. The van der Waals surface area contributed by atoms with Crippen LogP contribution in [0, 0.1) is 0 Å². The molecule has 2 saturated heterocycles. The van der Waals surface area contributed by atoms with Crippen molar-refractivity contribution in [1.82, 2.24) is 0 Å². The van der Waals surface area contributed by atoms with E-state index >= 15 is 0 Å². The van der Waals surface area contributed by atoms with Crippen molar-refractivity contribution in [1.29, 1.82) is 0 Å². The van der Waals surface area contributed by atoms with Crippen molar-refractivity contribution in [3.8, 4) is 0 Å². The van der Waals surface area contributed by atoms with Crippen LogP contribution in [0.1, 0.15) is 31.7 Å². The Kier molecular flexibility index (Phi) is 2.40. The minimum absolute atomic E-state index is 0.619. The Hall–Kier alpha value is -1.02. The van der Waals surface area contributed by atoms with E-state index in [9.17, 15) is 0 Å². The summed E-state index contributed by atoms with van der Waals surface area (Å²) in [5, 5.41) is 0. The van der Waals surface area contributed by atoms with Gasteiger partial charge in [-0.3, -0.25) is 0 Å². The number of fused-ring (bicyclic) bond motifs is 2. The minimum Gasteiger partial charge on any atom is -0.377 e. The van der Waals surface area contributed by atoms with Gasteiger partial charge in [0.15, 0.2) is 0 Å². The molecule has 2 aliphatic rings. The maximum absolute atomic E-state index is 5.50. The highest BCUT2D eigenvalue weighted by Gasteiger charge is 2.42. The zero-order chi connectivity index (χ0) is 11.1. The number of anilines is 1. The van der Waals surface area contributed by atoms with Crippen molar-refractivity contribution >= 4 is 5.69 Å². The standard InChI is InChI=1S/C14H19NO/c1-10(2)11-3-5-12(6-4-11)15-13-7-14(15)9-16-8-13/h3-6,10,13-14H,7-9H2,1-2H3. The average molecular weight is 217 g/mol. The number of rotatable bonds is 2. The molecule has 0 amide bonds. The topological polar surface area (TPSA) is 12.5 Å². The summed E-state index contributed by atoms with van der Waals surface area (Å²) in [6.07, 6.45) is 1.31. The Morgan fingerprint density at radius 2 is 1.75 bits per heavy atom. The second kappa shape index (κ2) is 3.77. The predicted octanol–water partition coefficient (Wildman–Crippen LogP) is 2.79. The summed E-state index contributed by atoms with van der Waals surface area (Å²) in [6.45, 7) is 6.29. The fraction of sp³-hybridized carbons (Fsp3) is 0.571. The molecule has 1 aromatic carbocycles. The molecule has 0 saturated carbocycles. The predicted molar refractivity (Wildman–Crippen MR) is 66.0 cm³/mol. The van der Waals surface area contributed by atoms with E-state index in [1.54, 1.807) is 0 Å². The van der Waals surface area contributed by atoms with Gasteiger partial charge in [0.25, 0.3) is 0 Å². The molecule has 0 N–H and O–H groups in total. The summed E-state index contributed by atoms with van der Waals surface area (Å²) in [5.41, 5.74) is 2.79. The van der Waals surface area contributed by atoms with E-state index < -0.39 is 0 Å². The number of ether oxygens (including phenoxy) is 1. The fourth-order valence-corrected chi connectivity index (χ4v) is 2.79. The summed E-state index contributed by atoms with van der Waals surface area (Å²) in [4.78, 5) is 2.52. The first-order valence-corrected chi connectivity index (χ1v) is 6.22. The number of hydrogen-bond acceptors (Lipinski definition) is 2. The molecule has 2 bridgehead atoms. The lowest BCUT2D eigenvalue weighted by atomic mass is 9.90. The van der Waals surface area contributed by atoms with Crippen LogP contribution in [0.25, 0.3) is 0 Å². The van der Waals surface area contributed by atoms with Crippen molar-refractivity contribution in [3.05, 3.63) is 29.8 Å². The lowest BCUT2D eigenvalue weighted by molar-refractivity contribution is 0.0103. The van der Waals surface area contributed by atoms with Gasteiger partial charge < -0.3 is 9.64 Å². The Morgan fingerprint density at radius 3 is 2.25 bits per heavy atom. The first kappa shape index (κ1) is 10.2. The summed E-state index contributed by atoms with van der Waals surface area (Å²) in [7, 11) is 0. The molecule has 86 valence electrons. The summed E-state index contributed by atoms with van der Waals surface area (Å²) >= 11 is 0. The van der Waals surface area contributed by atoms with Crippen molar-refractivity contribution < 1.29 is 4.74 Å². The Morgan fingerprint density at radius 1 is 1.12 bits per heavy atom. The van der Waals surface area contributed by atoms with Crippen LogP contribution < -0.4 is 4.90 Å². The van der Waals surface area contributed by atoms with E-state index in [2.05, 4.69) is 43.0 Å². The van der Waals surface area contributed by atoms with Gasteiger partial charge in [-0.2, -0.15) is 0 Å². The monoisotopic (exact) mass is 217 g/mol. The van der Waals surface area contributed by atoms with Gasteiger partial charge in [0.2, 0.25) is 0 Å². The number of nitrogens with zero attached hydrogens (tertiary/aromatic N) is 1. The Bertz CT molecular complexity index is 357. The van der Waals surface area contributed by atoms with Crippen molar-refractivity contribution in [2.75, 3.05) is 18.1 Å². The third kappa shape index (κ3) is 1.52. The van der Waals surface area contributed by atoms with E-state index in [0.717, 1.165) is 13.2 Å². The fourth-order valence-electron chi connectivity index (χ4n) is 2.79. The molecular weight excluding hydrogens is 198 g/mol. The SMILES string of the molecule is CC(C)c1ccc(N2C3COCC2C3)cc1. The van der Waals surface area contributed by atoms with E-state index in [4.69, 9.17) is 4.74 Å². The van der Waals surface area contributed by atoms with Crippen LogP contribution in [0.5, 0.6) is 0 Å². The zero-order valence-electron chi connectivity index (χ0n) is 10.0. The molecule has 3 rings (SSSR count). The molecule has 2 aliphatic heterocycles. The molecule has 2 fully saturated rings. The van der Waals surface area contributed by atoms with Gasteiger partial charge in [-0.25, -0.2) is 0 Å². The van der Waals surface area contributed by atoms with E-state index in [0.29, 0.717) is 18.0 Å². The highest BCUT2D eigenvalue weighted by atomic mass is 16.5. The first-order chi connectivity index (χ1) is 7.75. The van der Waals surface area contributed by atoms with Gasteiger partial charge in [0.1, 0.15) is 0 Å². The highest BCUT2D eigenvalue weighted by Crippen LogP contribution is 2.36. The molecule has 2 heterocycles. The Balaban J connectivity index is 1.80. The van der Waals surface area contributed by atoms with Crippen LogP contribution in [0.2, 0.25) is 0 Å². The maximum atomic E-state index is 5.50. The van der Waals surface area contributed by atoms with Gasteiger partial charge >= 0.3 is 0 Å². The molecule has 0 radical (unpaired) electrons. The Labute approximate surface area is 97.2 Å². The van der Waals surface area contributed by atoms with Crippen LogP contribution in [0.3, 0.4) is 0 Å². The molecule has 0 aliphatic carbocycles. The molecule has 1 aromatic rings. The van der Waals surface area contributed by atoms with Crippen molar-refractivity contribution in [2.24, 2.45) is 0 Å². The molecular formula is C14H19NO. The minimum atomic E-state index is 0.619. The van der Waals surface area contributed by atoms with Gasteiger partial charge in [0.05, 0.1) is 25.3 Å². The van der Waals surface area contributed by atoms with E-state index in [1.165, 1.54) is 17.7 Å². The molecule has 2 unspecified atom stereocenters. The third-order valence-electron chi connectivity index (χ3n) is 3.81. The highest BCUT2D eigenvalue weighted by molar-refractivity contribution is 5.53. The quantitative estimate of drug-likeness (QED) is 0.755. The molecule has 16 heavy (non-hydrogen) atoms. The van der Waals surface area contributed by atoms with Gasteiger partial charge in [0, 0.05) is 5.69 Å². The summed E-state index contributed by atoms with van der Waals surface area (Å²) in [6, 6.07) is 10.3. The number of benzene rings is 1. The van der Waals surface area contributed by atoms with Gasteiger partial charge in [-0.15, -0.1) is 0 Å². The second-order valence-electron chi connectivity index (χ2n) is 5.23. The van der Waals surface area contributed by atoms with Crippen molar-refractivity contribution in [3.63, 3.8) is 0 Å². The average Bonchev–Trinajstić information content (AvgIpc) is 2.30. The molecule has 2 heteroatoms. The third-order valence-corrected chi connectivity index (χ3v) is 3.81. The van der Waals surface area contributed by atoms with Crippen LogP contribution >= 0.6 is 0 Å². The number of morpholine rings is 1. The lowest BCUT2D eigenvalue weighted by Gasteiger charge is -2.53. The van der Waals surface area contributed by atoms with Crippen LogP contribution in [-0.2, 0) is 4.74 Å². The van der Waals surface area contributed by atoms with E-state index in [-0.39, 0.29) is 0 Å². The summed E-state index contributed by atoms with van der Waals surface area (Å²) < 4.78 is 5.50.